The molecule has 0 aliphatic heterocycles. The van der Waals surface area contributed by atoms with Crippen molar-refractivity contribution >= 4 is 28.9 Å². The van der Waals surface area contributed by atoms with Gasteiger partial charge in [0, 0.05) is 31.5 Å². The molecule has 2 aromatic rings. The lowest BCUT2D eigenvalue weighted by Gasteiger charge is -2.12. The van der Waals surface area contributed by atoms with Gasteiger partial charge < -0.3 is 19.9 Å². The molecule has 0 saturated carbocycles. The monoisotopic (exact) mass is 395 g/mol. The molecule has 0 saturated heterocycles. The third kappa shape index (κ3) is 5.65. The van der Waals surface area contributed by atoms with E-state index < -0.39 is 5.91 Å². The SMILES string of the molecule is C=C/C(=C\C(=NC)C(=O)Nc1ccc(C)c(NC(=O)c2cncn2C)c1)OCC. The molecule has 29 heavy (non-hydrogen) atoms. The number of amides is 2. The number of rotatable bonds is 8. The molecule has 8 heteroatoms. The van der Waals surface area contributed by atoms with Crippen LogP contribution in [0.2, 0.25) is 0 Å². The molecule has 2 rings (SSSR count). The number of benzene rings is 1. The minimum absolute atomic E-state index is 0.189. The molecule has 0 spiro atoms. The van der Waals surface area contributed by atoms with Gasteiger partial charge in [-0.1, -0.05) is 12.6 Å². The fourth-order valence-electron chi connectivity index (χ4n) is 2.48. The summed E-state index contributed by atoms with van der Waals surface area (Å²) in [6.45, 7) is 7.82. The lowest BCUT2D eigenvalue weighted by molar-refractivity contribution is -0.110. The Morgan fingerprint density at radius 3 is 2.69 bits per heavy atom. The molecule has 0 radical (unpaired) electrons. The summed E-state index contributed by atoms with van der Waals surface area (Å²) in [7, 11) is 3.26. The molecule has 1 heterocycles. The van der Waals surface area contributed by atoms with Gasteiger partial charge in [-0.25, -0.2) is 4.98 Å². The van der Waals surface area contributed by atoms with Gasteiger partial charge in [-0.15, -0.1) is 0 Å². The largest absolute Gasteiger partial charge is 0.494 e. The van der Waals surface area contributed by atoms with Crippen molar-refractivity contribution < 1.29 is 14.3 Å². The quantitative estimate of drug-likeness (QED) is 0.408. The van der Waals surface area contributed by atoms with E-state index in [-0.39, 0.29) is 11.6 Å². The van der Waals surface area contributed by atoms with Gasteiger partial charge in [0.1, 0.15) is 17.2 Å². The standard InChI is InChI=1S/C21H25N5O3/c1-6-16(29-7-2)11-18(22-4)20(27)24-15-9-8-14(3)17(10-15)25-21(28)19-12-23-13-26(19)5/h6,8-13H,1,7H2,2-5H3,(H,24,27)(H,25,28)/b16-11+,22-18?. The van der Waals surface area contributed by atoms with Crippen molar-refractivity contribution in [3.63, 3.8) is 0 Å². The van der Waals surface area contributed by atoms with Gasteiger partial charge >= 0.3 is 0 Å². The zero-order valence-corrected chi connectivity index (χ0v) is 17.0. The van der Waals surface area contributed by atoms with Gasteiger partial charge in [-0.3, -0.25) is 14.6 Å². The van der Waals surface area contributed by atoms with E-state index in [0.717, 1.165) is 5.56 Å². The van der Waals surface area contributed by atoms with Crippen molar-refractivity contribution in [2.45, 2.75) is 13.8 Å². The molecule has 1 aromatic heterocycles. The molecule has 0 atom stereocenters. The summed E-state index contributed by atoms with van der Waals surface area (Å²) in [5, 5.41) is 5.62. The van der Waals surface area contributed by atoms with Crippen LogP contribution in [0.5, 0.6) is 0 Å². The van der Waals surface area contributed by atoms with Crippen molar-refractivity contribution in [2.75, 3.05) is 24.3 Å². The average molecular weight is 395 g/mol. The maximum absolute atomic E-state index is 12.6. The second kappa shape index (κ2) is 10.0. The highest BCUT2D eigenvalue weighted by atomic mass is 16.5. The molecule has 0 bridgehead atoms. The summed E-state index contributed by atoms with van der Waals surface area (Å²) in [5.41, 5.74) is 2.58. The number of nitrogens with one attached hydrogen (secondary N) is 2. The molecule has 2 amide bonds. The predicted molar refractivity (Wildman–Crippen MR) is 114 cm³/mol. The topological polar surface area (TPSA) is 97.6 Å². The number of hydrogen-bond acceptors (Lipinski definition) is 5. The van der Waals surface area contributed by atoms with Crippen LogP contribution < -0.4 is 10.6 Å². The number of anilines is 2. The van der Waals surface area contributed by atoms with Crippen LogP contribution in [0.1, 0.15) is 23.0 Å². The van der Waals surface area contributed by atoms with E-state index in [0.29, 0.717) is 29.4 Å². The molecule has 0 aliphatic carbocycles. The number of hydrogen-bond donors (Lipinski definition) is 2. The van der Waals surface area contributed by atoms with E-state index in [2.05, 4.69) is 27.2 Å². The fourth-order valence-corrected chi connectivity index (χ4v) is 2.48. The Morgan fingerprint density at radius 2 is 2.10 bits per heavy atom. The van der Waals surface area contributed by atoms with Crippen LogP contribution in [0.4, 0.5) is 11.4 Å². The second-order valence-corrected chi connectivity index (χ2v) is 6.12. The molecular weight excluding hydrogens is 370 g/mol. The van der Waals surface area contributed by atoms with E-state index in [1.807, 2.05) is 19.9 Å². The van der Waals surface area contributed by atoms with Crippen LogP contribution in [0.3, 0.4) is 0 Å². The van der Waals surface area contributed by atoms with Crippen LogP contribution >= 0.6 is 0 Å². The summed E-state index contributed by atoms with van der Waals surface area (Å²) >= 11 is 0. The summed E-state index contributed by atoms with van der Waals surface area (Å²) in [6, 6.07) is 5.25. The average Bonchev–Trinajstić information content (AvgIpc) is 3.13. The van der Waals surface area contributed by atoms with Crippen molar-refractivity contribution in [1.29, 1.82) is 0 Å². The van der Waals surface area contributed by atoms with Gasteiger partial charge in [0.25, 0.3) is 11.8 Å². The Morgan fingerprint density at radius 1 is 1.34 bits per heavy atom. The van der Waals surface area contributed by atoms with Crippen LogP contribution in [0.25, 0.3) is 0 Å². The highest BCUT2D eigenvalue weighted by Crippen LogP contribution is 2.21. The predicted octanol–water partition coefficient (Wildman–Crippen LogP) is 3.10. The van der Waals surface area contributed by atoms with Crippen molar-refractivity contribution in [3.8, 4) is 0 Å². The highest BCUT2D eigenvalue weighted by Gasteiger charge is 2.14. The molecule has 2 N–H and O–H groups in total. The normalized spacial score (nSPS) is 11.7. The number of aromatic nitrogens is 2. The molecule has 0 aliphatic rings. The Hall–Kier alpha value is -3.68. The highest BCUT2D eigenvalue weighted by molar-refractivity contribution is 6.47. The molecule has 0 unspecified atom stereocenters. The van der Waals surface area contributed by atoms with Gasteiger partial charge in [-0.05, 0) is 37.6 Å². The summed E-state index contributed by atoms with van der Waals surface area (Å²) in [5.74, 6) is -0.238. The van der Waals surface area contributed by atoms with Gasteiger partial charge in [0.2, 0.25) is 0 Å². The maximum atomic E-state index is 12.6. The van der Waals surface area contributed by atoms with Gasteiger partial charge in [-0.2, -0.15) is 0 Å². The smallest absolute Gasteiger partial charge is 0.273 e. The number of carbonyl (C=O) groups excluding carboxylic acids is 2. The number of aliphatic imine (C=N–C) groups is 1. The lowest BCUT2D eigenvalue weighted by Crippen LogP contribution is -2.22. The first-order valence-corrected chi connectivity index (χ1v) is 9.03. The molecule has 8 nitrogen and oxygen atoms in total. The van der Waals surface area contributed by atoms with Crippen LogP contribution in [-0.2, 0) is 16.6 Å². The van der Waals surface area contributed by atoms with E-state index >= 15 is 0 Å². The fraction of sp³-hybridized carbons (Fsp3) is 0.238. The molecule has 1 aromatic carbocycles. The van der Waals surface area contributed by atoms with Gasteiger partial charge in [0.15, 0.2) is 0 Å². The number of aryl methyl sites for hydroxylation is 2. The first kappa shape index (κ1) is 21.6. The Labute approximate surface area is 170 Å². The number of carbonyl (C=O) groups is 2. The molecule has 152 valence electrons. The Bertz CT molecular complexity index is 972. The Kier molecular flexibility index (Phi) is 7.47. The van der Waals surface area contributed by atoms with Crippen LogP contribution in [0.15, 0.2) is 60.2 Å². The van der Waals surface area contributed by atoms with Crippen molar-refractivity contribution in [1.82, 2.24) is 9.55 Å². The molecule has 0 fully saturated rings. The summed E-state index contributed by atoms with van der Waals surface area (Å²) < 4.78 is 7.00. The van der Waals surface area contributed by atoms with Crippen molar-refractivity contribution in [3.05, 3.63) is 66.5 Å². The lowest BCUT2D eigenvalue weighted by atomic mass is 10.1. The van der Waals surface area contributed by atoms with E-state index in [9.17, 15) is 9.59 Å². The zero-order chi connectivity index (χ0) is 21.4. The summed E-state index contributed by atoms with van der Waals surface area (Å²) in [6.07, 6.45) is 6.07. The molecular formula is C21H25N5O3. The summed E-state index contributed by atoms with van der Waals surface area (Å²) in [4.78, 5) is 33.0. The second-order valence-electron chi connectivity index (χ2n) is 6.12. The van der Waals surface area contributed by atoms with E-state index in [1.165, 1.54) is 25.4 Å². The van der Waals surface area contributed by atoms with E-state index in [4.69, 9.17) is 4.74 Å². The maximum Gasteiger partial charge on any atom is 0.273 e. The minimum atomic E-state index is -0.403. The minimum Gasteiger partial charge on any atom is -0.494 e. The number of nitrogens with zero attached hydrogens (tertiary/aromatic N) is 3. The number of ether oxygens (including phenoxy) is 1. The third-order valence-corrected chi connectivity index (χ3v) is 4.06. The van der Waals surface area contributed by atoms with E-state index in [1.54, 1.807) is 30.1 Å². The van der Waals surface area contributed by atoms with Crippen LogP contribution in [0, 0.1) is 6.92 Å². The zero-order valence-electron chi connectivity index (χ0n) is 17.0. The number of allylic oxidation sites excluding steroid dienone is 1. The first-order valence-electron chi connectivity index (χ1n) is 9.03. The van der Waals surface area contributed by atoms with Crippen LogP contribution in [-0.4, -0.2) is 40.7 Å². The Balaban J connectivity index is 2.18. The van der Waals surface area contributed by atoms with Gasteiger partial charge in [0.05, 0.1) is 19.1 Å². The number of imidazole rings is 1. The third-order valence-electron chi connectivity index (χ3n) is 4.06. The van der Waals surface area contributed by atoms with Crippen molar-refractivity contribution in [2.24, 2.45) is 12.0 Å². The first-order chi connectivity index (χ1) is 13.9.